The van der Waals surface area contributed by atoms with Crippen molar-refractivity contribution in [3.05, 3.63) is 66.1 Å². The minimum absolute atomic E-state index is 0.183. The summed E-state index contributed by atoms with van der Waals surface area (Å²) >= 11 is 0. The first kappa shape index (κ1) is 12.8. The van der Waals surface area contributed by atoms with Gasteiger partial charge in [-0.1, -0.05) is 12.1 Å². The lowest BCUT2D eigenvalue weighted by Crippen LogP contribution is -2.16. The van der Waals surface area contributed by atoms with Gasteiger partial charge in [0.05, 0.1) is 12.7 Å². The quantitative estimate of drug-likeness (QED) is 0.912. The average molecular weight is 254 g/mol. The van der Waals surface area contributed by atoms with Crippen molar-refractivity contribution in [1.82, 2.24) is 10.3 Å². The van der Waals surface area contributed by atoms with Crippen molar-refractivity contribution in [2.45, 2.75) is 0 Å². The predicted molar refractivity (Wildman–Crippen MR) is 73.7 cm³/mol. The second kappa shape index (κ2) is 6.35. The maximum Gasteiger partial charge on any atom is 0.256 e. The van der Waals surface area contributed by atoms with Gasteiger partial charge in [0.15, 0.2) is 0 Å². The highest BCUT2D eigenvalue weighted by molar-refractivity contribution is 5.94. The second-order valence-electron chi connectivity index (χ2n) is 3.82. The lowest BCUT2D eigenvalue weighted by Gasteiger charge is -2.00. The highest BCUT2D eigenvalue weighted by atomic mass is 16.5. The monoisotopic (exact) mass is 254 g/mol. The van der Waals surface area contributed by atoms with Crippen molar-refractivity contribution < 1.29 is 9.53 Å². The molecule has 0 atom stereocenters. The minimum Gasteiger partial charge on any atom is -0.497 e. The molecule has 4 heteroatoms. The van der Waals surface area contributed by atoms with Gasteiger partial charge in [0.25, 0.3) is 5.91 Å². The summed E-state index contributed by atoms with van der Waals surface area (Å²) in [7, 11) is 1.62. The molecule has 4 nitrogen and oxygen atoms in total. The zero-order valence-corrected chi connectivity index (χ0v) is 10.5. The molecule has 2 rings (SSSR count). The number of nitrogens with one attached hydrogen (secondary N) is 1. The molecule has 0 aliphatic carbocycles. The van der Waals surface area contributed by atoms with E-state index >= 15 is 0 Å². The molecule has 0 aliphatic rings. The van der Waals surface area contributed by atoms with Crippen molar-refractivity contribution in [3.63, 3.8) is 0 Å². The fraction of sp³-hybridized carbons (Fsp3) is 0.0667. The van der Waals surface area contributed by atoms with Gasteiger partial charge in [-0.2, -0.15) is 0 Å². The predicted octanol–water partition coefficient (Wildman–Crippen LogP) is 2.49. The van der Waals surface area contributed by atoms with Gasteiger partial charge < -0.3 is 10.1 Å². The Bertz CT molecular complexity index is 562. The second-order valence-corrected chi connectivity index (χ2v) is 3.82. The Morgan fingerprint density at radius 2 is 2.05 bits per heavy atom. The Labute approximate surface area is 111 Å². The van der Waals surface area contributed by atoms with E-state index in [-0.39, 0.29) is 5.91 Å². The van der Waals surface area contributed by atoms with Crippen molar-refractivity contribution in [1.29, 1.82) is 0 Å². The van der Waals surface area contributed by atoms with Gasteiger partial charge in [-0.25, -0.2) is 0 Å². The normalized spacial score (nSPS) is 10.4. The molecular formula is C15H14N2O2. The number of amides is 1. The first-order valence-corrected chi connectivity index (χ1v) is 5.81. The van der Waals surface area contributed by atoms with E-state index in [4.69, 9.17) is 4.74 Å². The number of nitrogens with zero attached hydrogens (tertiary/aromatic N) is 1. The third-order valence-electron chi connectivity index (χ3n) is 2.53. The molecule has 0 aliphatic heterocycles. The molecule has 0 bridgehead atoms. The number of pyridine rings is 1. The van der Waals surface area contributed by atoms with E-state index in [2.05, 4.69) is 10.3 Å². The summed E-state index contributed by atoms with van der Waals surface area (Å²) in [5, 5.41) is 2.69. The Balaban J connectivity index is 1.94. The van der Waals surface area contributed by atoms with Crippen LogP contribution in [0.25, 0.3) is 6.08 Å². The molecule has 1 N–H and O–H groups in total. The molecular weight excluding hydrogens is 240 g/mol. The number of benzene rings is 1. The summed E-state index contributed by atoms with van der Waals surface area (Å²) in [6.07, 6.45) is 6.57. The molecule has 0 radical (unpaired) electrons. The van der Waals surface area contributed by atoms with Crippen LogP contribution in [-0.4, -0.2) is 18.0 Å². The Morgan fingerprint density at radius 1 is 1.26 bits per heavy atom. The molecule has 1 amide bonds. The summed E-state index contributed by atoms with van der Waals surface area (Å²) in [4.78, 5) is 15.6. The van der Waals surface area contributed by atoms with E-state index < -0.39 is 0 Å². The van der Waals surface area contributed by atoms with Crippen molar-refractivity contribution in [2.24, 2.45) is 0 Å². The summed E-state index contributed by atoms with van der Waals surface area (Å²) in [5.41, 5.74) is 1.51. The SMILES string of the molecule is COc1ccc(C=CNC(=O)c2cccnc2)cc1. The van der Waals surface area contributed by atoms with Crippen LogP contribution in [0.1, 0.15) is 15.9 Å². The molecule has 0 saturated heterocycles. The number of carbonyl (C=O) groups is 1. The molecule has 0 fully saturated rings. The number of ether oxygens (including phenoxy) is 1. The standard InChI is InChI=1S/C15H14N2O2/c1-19-14-6-4-12(5-7-14)8-10-17-15(18)13-3-2-9-16-11-13/h2-11H,1H3,(H,17,18). The number of hydrogen-bond donors (Lipinski definition) is 1. The Morgan fingerprint density at radius 3 is 2.68 bits per heavy atom. The third-order valence-corrected chi connectivity index (χ3v) is 2.53. The minimum atomic E-state index is -0.183. The Hall–Kier alpha value is -2.62. The van der Waals surface area contributed by atoms with Gasteiger partial charge in [0.2, 0.25) is 0 Å². The van der Waals surface area contributed by atoms with Crippen LogP contribution in [0.5, 0.6) is 5.75 Å². The van der Waals surface area contributed by atoms with Gasteiger partial charge >= 0.3 is 0 Å². The highest BCUT2D eigenvalue weighted by Crippen LogP contribution is 2.11. The summed E-state index contributed by atoms with van der Waals surface area (Å²) in [6, 6.07) is 11.0. The van der Waals surface area contributed by atoms with Crippen LogP contribution in [-0.2, 0) is 0 Å². The van der Waals surface area contributed by atoms with E-state index in [1.807, 2.05) is 30.3 Å². The zero-order valence-electron chi connectivity index (χ0n) is 10.5. The highest BCUT2D eigenvalue weighted by Gasteiger charge is 2.01. The Kier molecular flexibility index (Phi) is 4.29. The maximum atomic E-state index is 11.7. The number of aromatic nitrogens is 1. The van der Waals surface area contributed by atoms with Crippen LogP contribution in [0.2, 0.25) is 0 Å². The fourth-order valence-corrected chi connectivity index (χ4v) is 1.51. The van der Waals surface area contributed by atoms with Crippen LogP contribution < -0.4 is 10.1 Å². The summed E-state index contributed by atoms with van der Waals surface area (Å²) in [5.74, 6) is 0.620. The first-order chi connectivity index (χ1) is 9.29. The summed E-state index contributed by atoms with van der Waals surface area (Å²) in [6.45, 7) is 0. The van der Waals surface area contributed by atoms with E-state index in [1.54, 1.807) is 31.6 Å². The van der Waals surface area contributed by atoms with Gasteiger partial charge in [-0.15, -0.1) is 0 Å². The lowest BCUT2D eigenvalue weighted by atomic mass is 10.2. The zero-order chi connectivity index (χ0) is 13.5. The van der Waals surface area contributed by atoms with Gasteiger partial charge in [-0.05, 0) is 35.9 Å². The molecule has 1 aromatic heterocycles. The molecule has 0 spiro atoms. The van der Waals surface area contributed by atoms with E-state index in [0.29, 0.717) is 5.56 Å². The van der Waals surface area contributed by atoms with Gasteiger partial charge in [0, 0.05) is 18.6 Å². The van der Waals surface area contributed by atoms with E-state index in [9.17, 15) is 4.79 Å². The molecule has 96 valence electrons. The third kappa shape index (κ3) is 3.67. The van der Waals surface area contributed by atoms with Gasteiger partial charge in [0.1, 0.15) is 5.75 Å². The number of rotatable bonds is 4. The van der Waals surface area contributed by atoms with Crippen LogP contribution >= 0.6 is 0 Å². The maximum absolute atomic E-state index is 11.7. The van der Waals surface area contributed by atoms with Crippen molar-refractivity contribution in [3.8, 4) is 5.75 Å². The van der Waals surface area contributed by atoms with E-state index in [0.717, 1.165) is 11.3 Å². The van der Waals surface area contributed by atoms with Gasteiger partial charge in [-0.3, -0.25) is 9.78 Å². The summed E-state index contributed by atoms with van der Waals surface area (Å²) < 4.78 is 5.07. The fourth-order valence-electron chi connectivity index (χ4n) is 1.51. The molecule has 0 saturated carbocycles. The number of hydrogen-bond acceptors (Lipinski definition) is 3. The molecule has 1 heterocycles. The van der Waals surface area contributed by atoms with Crippen molar-refractivity contribution in [2.75, 3.05) is 7.11 Å². The van der Waals surface area contributed by atoms with E-state index in [1.165, 1.54) is 6.20 Å². The first-order valence-electron chi connectivity index (χ1n) is 5.81. The van der Waals surface area contributed by atoms with Crippen LogP contribution in [0.4, 0.5) is 0 Å². The average Bonchev–Trinajstić information content (AvgIpc) is 2.49. The number of carbonyl (C=O) groups excluding carboxylic acids is 1. The molecule has 1 aromatic carbocycles. The molecule has 2 aromatic rings. The topological polar surface area (TPSA) is 51.2 Å². The van der Waals surface area contributed by atoms with Crippen LogP contribution in [0.15, 0.2) is 55.0 Å². The molecule has 0 unspecified atom stereocenters. The van der Waals surface area contributed by atoms with Crippen molar-refractivity contribution >= 4 is 12.0 Å². The smallest absolute Gasteiger partial charge is 0.256 e. The van der Waals surface area contributed by atoms with Crippen LogP contribution in [0, 0.1) is 0 Å². The molecule has 19 heavy (non-hydrogen) atoms. The largest absolute Gasteiger partial charge is 0.497 e. The lowest BCUT2D eigenvalue weighted by molar-refractivity contribution is 0.0970. The van der Waals surface area contributed by atoms with Crippen LogP contribution in [0.3, 0.4) is 0 Å². The number of methoxy groups -OCH3 is 1.